The fourth-order valence-corrected chi connectivity index (χ4v) is 2.94. The summed E-state index contributed by atoms with van der Waals surface area (Å²) < 4.78 is 6.36. The summed E-state index contributed by atoms with van der Waals surface area (Å²) in [6.07, 6.45) is -0.966. The second kappa shape index (κ2) is 5.96. The van der Waals surface area contributed by atoms with E-state index >= 15 is 0 Å². The fraction of sp³-hybridized carbons (Fsp3) is 0.667. The van der Waals surface area contributed by atoms with Crippen LogP contribution < -0.4 is 11.2 Å². The first-order valence-corrected chi connectivity index (χ1v) is 7.55. The van der Waals surface area contributed by atoms with Gasteiger partial charge in [-0.15, -0.1) is 0 Å². The summed E-state index contributed by atoms with van der Waals surface area (Å²) in [5.41, 5.74) is -0.623. The van der Waals surface area contributed by atoms with Gasteiger partial charge in [0.05, 0.1) is 16.6 Å². The molecule has 3 N–H and O–H groups in total. The Morgan fingerprint density at radius 3 is 2.65 bits per heavy atom. The molecule has 0 radical (unpaired) electrons. The summed E-state index contributed by atoms with van der Waals surface area (Å²) in [5, 5.41) is 19.3. The number of H-pyrrole nitrogens is 1. The molecule has 0 saturated carbocycles. The van der Waals surface area contributed by atoms with E-state index < -0.39 is 29.7 Å². The predicted molar refractivity (Wildman–Crippen MR) is 80.2 cm³/mol. The van der Waals surface area contributed by atoms with Crippen molar-refractivity contribution in [1.82, 2.24) is 9.55 Å². The largest absolute Gasteiger partial charge is 0.394 e. The molecule has 1 fully saturated rings. The minimum absolute atomic E-state index is 0.0619. The van der Waals surface area contributed by atoms with E-state index in [1.165, 1.54) is 10.8 Å². The molecule has 8 heteroatoms. The average Bonchev–Trinajstić information content (AvgIpc) is 2.66. The molecule has 1 aliphatic rings. The summed E-state index contributed by atoms with van der Waals surface area (Å²) in [6.45, 7) is 3.43. The summed E-state index contributed by atoms with van der Waals surface area (Å²) >= 11 is 1.98. The van der Waals surface area contributed by atoms with Crippen molar-refractivity contribution >= 4 is 22.6 Å². The van der Waals surface area contributed by atoms with Crippen molar-refractivity contribution in [1.29, 1.82) is 0 Å². The summed E-state index contributed by atoms with van der Waals surface area (Å²) in [4.78, 5) is 25.8. The summed E-state index contributed by atoms with van der Waals surface area (Å²) in [7, 11) is 0. The van der Waals surface area contributed by atoms with Crippen LogP contribution in [0.5, 0.6) is 0 Å². The molecule has 2 heterocycles. The molecule has 112 valence electrons. The van der Waals surface area contributed by atoms with Crippen LogP contribution in [0.4, 0.5) is 0 Å². The Morgan fingerprint density at radius 1 is 1.50 bits per heavy atom. The van der Waals surface area contributed by atoms with E-state index in [2.05, 4.69) is 4.98 Å². The molecular formula is C12H17IN2O5. The second-order valence-electron chi connectivity index (χ2n) is 5.09. The highest BCUT2D eigenvalue weighted by atomic mass is 127. The van der Waals surface area contributed by atoms with Gasteiger partial charge in [-0.2, -0.15) is 0 Å². The maximum absolute atomic E-state index is 11.9. The first-order chi connectivity index (χ1) is 9.36. The van der Waals surface area contributed by atoms with E-state index in [9.17, 15) is 19.8 Å². The zero-order valence-corrected chi connectivity index (χ0v) is 13.3. The molecule has 7 nitrogen and oxygen atoms in total. The molecular weight excluding hydrogens is 379 g/mol. The van der Waals surface area contributed by atoms with Gasteiger partial charge in [0.1, 0.15) is 6.10 Å². The van der Waals surface area contributed by atoms with E-state index in [-0.39, 0.29) is 16.4 Å². The smallest absolute Gasteiger partial charge is 0.330 e. The lowest BCUT2D eigenvalue weighted by Gasteiger charge is -2.18. The quantitative estimate of drug-likeness (QED) is 0.482. The van der Waals surface area contributed by atoms with Crippen LogP contribution in [-0.4, -0.2) is 42.5 Å². The number of nitrogens with one attached hydrogen (secondary N) is 1. The van der Waals surface area contributed by atoms with Crippen LogP contribution in [0.15, 0.2) is 15.8 Å². The normalized spacial score (nSPS) is 30.1. The van der Waals surface area contributed by atoms with E-state index in [1.807, 2.05) is 36.4 Å². The van der Waals surface area contributed by atoms with E-state index in [0.29, 0.717) is 5.56 Å². The second-order valence-corrected chi connectivity index (χ2v) is 6.53. The number of aliphatic hydroxyl groups excluding tert-OH is 2. The van der Waals surface area contributed by atoms with Crippen LogP contribution in [0.25, 0.3) is 0 Å². The average molecular weight is 396 g/mol. The van der Waals surface area contributed by atoms with Crippen molar-refractivity contribution in [3.8, 4) is 0 Å². The van der Waals surface area contributed by atoms with Gasteiger partial charge >= 0.3 is 5.69 Å². The Labute approximate surface area is 128 Å². The molecule has 0 unspecified atom stereocenters. The molecule has 1 aromatic rings. The van der Waals surface area contributed by atoms with Gasteiger partial charge < -0.3 is 14.9 Å². The Kier molecular flexibility index (Phi) is 4.67. The molecule has 1 saturated heterocycles. The van der Waals surface area contributed by atoms with E-state index in [4.69, 9.17) is 4.74 Å². The number of hydrogen-bond acceptors (Lipinski definition) is 5. The van der Waals surface area contributed by atoms with Gasteiger partial charge in [0, 0.05) is 11.8 Å². The molecule has 0 aromatic carbocycles. The number of aromatic amines is 1. The molecule has 20 heavy (non-hydrogen) atoms. The van der Waals surface area contributed by atoms with Crippen LogP contribution in [0.2, 0.25) is 0 Å². The number of hydrogen-bond donors (Lipinski definition) is 3. The minimum Gasteiger partial charge on any atom is -0.394 e. The Bertz CT molecular complexity index is 596. The van der Waals surface area contributed by atoms with E-state index in [0.717, 1.165) is 0 Å². The molecule has 2 rings (SSSR count). The van der Waals surface area contributed by atoms with Crippen molar-refractivity contribution in [2.45, 2.75) is 42.1 Å². The standard InChI is InChI=1S/C12H17IN2O5/c1-5(2)6-3-15(12(19)14-10(6)18)11-9(17)8(13)7(4-16)20-11/h3,5,7-9,11,16-17H,4H2,1-2H3,(H,14,18,19)/t7-,8-,9-,11-/m1/s1. The number of rotatable bonds is 3. The van der Waals surface area contributed by atoms with E-state index in [1.54, 1.807) is 0 Å². The number of halogens is 1. The van der Waals surface area contributed by atoms with Crippen molar-refractivity contribution in [2.75, 3.05) is 6.61 Å². The Morgan fingerprint density at radius 2 is 2.15 bits per heavy atom. The third-order valence-electron chi connectivity index (χ3n) is 3.36. The lowest BCUT2D eigenvalue weighted by atomic mass is 10.1. The van der Waals surface area contributed by atoms with Gasteiger partial charge in [-0.25, -0.2) is 4.79 Å². The first-order valence-electron chi connectivity index (χ1n) is 6.30. The maximum atomic E-state index is 11.9. The summed E-state index contributed by atoms with van der Waals surface area (Å²) in [6, 6.07) is 0. The molecule has 0 amide bonds. The minimum atomic E-state index is -0.934. The topological polar surface area (TPSA) is 105 Å². The highest BCUT2D eigenvalue weighted by molar-refractivity contribution is 14.1. The monoisotopic (exact) mass is 396 g/mol. The lowest BCUT2D eigenvalue weighted by Crippen LogP contribution is -2.38. The first kappa shape index (κ1) is 15.7. The van der Waals surface area contributed by atoms with Gasteiger partial charge in [0.2, 0.25) is 0 Å². The summed E-state index contributed by atoms with van der Waals surface area (Å²) in [5.74, 6) is -0.0619. The van der Waals surface area contributed by atoms with Gasteiger partial charge in [-0.05, 0) is 5.92 Å². The third-order valence-corrected chi connectivity index (χ3v) is 4.90. The number of nitrogens with zero attached hydrogens (tertiary/aromatic N) is 1. The highest BCUT2D eigenvalue weighted by Crippen LogP contribution is 2.33. The van der Waals surface area contributed by atoms with Gasteiger partial charge in [-0.1, -0.05) is 36.4 Å². The van der Waals surface area contributed by atoms with Gasteiger partial charge in [0.15, 0.2) is 6.23 Å². The van der Waals surface area contributed by atoms with Crippen molar-refractivity contribution in [2.24, 2.45) is 0 Å². The van der Waals surface area contributed by atoms with Gasteiger partial charge in [-0.3, -0.25) is 14.3 Å². The molecule has 0 spiro atoms. The molecule has 4 atom stereocenters. The Hall–Kier alpha value is -0.710. The predicted octanol–water partition coefficient (Wildman–Crippen LogP) is -0.286. The van der Waals surface area contributed by atoms with Crippen LogP contribution in [0.3, 0.4) is 0 Å². The van der Waals surface area contributed by atoms with Crippen LogP contribution in [0.1, 0.15) is 31.6 Å². The molecule has 1 aliphatic heterocycles. The third kappa shape index (κ3) is 2.69. The zero-order valence-electron chi connectivity index (χ0n) is 11.1. The molecule has 1 aromatic heterocycles. The van der Waals surface area contributed by atoms with Crippen LogP contribution >= 0.6 is 22.6 Å². The highest BCUT2D eigenvalue weighted by Gasteiger charge is 2.43. The zero-order chi connectivity index (χ0) is 15.0. The molecule has 0 aliphatic carbocycles. The van der Waals surface area contributed by atoms with Crippen LogP contribution in [0, 0.1) is 0 Å². The van der Waals surface area contributed by atoms with Crippen LogP contribution in [-0.2, 0) is 4.74 Å². The Balaban J connectivity index is 2.46. The van der Waals surface area contributed by atoms with Crippen molar-refractivity contribution in [3.05, 3.63) is 32.6 Å². The fourth-order valence-electron chi connectivity index (χ4n) is 2.19. The number of aromatic nitrogens is 2. The van der Waals surface area contributed by atoms with Gasteiger partial charge in [0.25, 0.3) is 5.56 Å². The lowest BCUT2D eigenvalue weighted by molar-refractivity contribution is -0.0531. The van der Waals surface area contributed by atoms with Crippen molar-refractivity contribution in [3.63, 3.8) is 0 Å². The number of ether oxygens (including phenoxy) is 1. The number of alkyl halides is 1. The maximum Gasteiger partial charge on any atom is 0.330 e. The SMILES string of the molecule is CC(C)c1cn([C@@H]2O[C@H](CO)[C@@H](I)[C@H]2O)c(=O)[nH]c1=O. The van der Waals surface area contributed by atoms with Crippen molar-refractivity contribution < 1.29 is 14.9 Å². The number of aliphatic hydroxyl groups is 2. The molecule has 0 bridgehead atoms.